The molecule has 8 heteroatoms. The third-order valence-corrected chi connectivity index (χ3v) is 8.05. The van der Waals surface area contributed by atoms with Gasteiger partial charge in [0.25, 0.3) is 0 Å². The van der Waals surface area contributed by atoms with Crippen molar-refractivity contribution in [1.29, 1.82) is 0 Å². The molecule has 1 amide bonds. The van der Waals surface area contributed by atoms with Crippen LogP contribution in [0, 0.1) is 6.92 Å². The van der Waals surface area contributed by atoms with Gasteiger partial charge in [0, 0.05) is 6.42 Å². The highest BCUT2D eigenvalue weighted by Crippen LogP contribution is 2.40. The second kappa shape index (κ2) is 16.2. The van der Waals surface area contributed by atoms with E-state index >= 15 is 0 Å². The Kier molecular flexibility index (Phi) is 12.1. The number of alkyl carbamates (subject to hydrolysis) is 1. The van der Waals surface area contributed by atoms with Crippen LogP contribution in [0.4, 0.5) is 4.79 Å². The molecule has 0 saturated carbocycles. The van der Waals surface area contributed by atoms with Gasteiger partial charge in [0.15, 0.2) is 11.2 Å². The van der Waals surface area contributed by atoms with Crippen LogP contribution in [-0.2, 0) is 47.2 Å². The van der Waals surface area contributed by atoms with Crippen LogP contribution < -0.4 is 5.32 Å². The van der Waals surface area contributed by atoms with E-state index in [-0.39, 0.29) is 19.6 Å². The summed E-state index contributed by atoms with van der Waals surface area (Å²) >= 11 is 0. The van der Waals surface area contributed by atoms with Gasteiger partial charge in [0.2, 0.25) is 0 Å². The number of carbonyl (C=O) groups excluding carboxylic acids is 4. The number of carbonyl (C=O) groups is 4. The van der Waals surface area contributed by atoms with E-state index in [0.717, 1.165) is 11.8 Å². The minimum absolute atomic E-state index is 0.124. The molecule has 0 heterocycles. The van der Waals surface area contributed by atoms with Gasteiger partial charge in [0.05, 0.1) is 6.04 Å². The molecule has 0 aromatic heterocycles. The monoisotopic (exact) mass is 651 g/mol. The van der Waals surface area contributed by atoms with Crippen LogP contribution in [-0.4, -0.2) is 35.5 Å². The van der Waals surface area contributed by atoms with Gasteiger partial charge in [-0.05, 0) is 67.1 Å². The molecule has 0 bridgehead atoms. The maximum absolute atomic E-state index is 14.7. The molecule has 4 aromatic rings. The van der Waals surface area contributed by atoms with Crippen molar-refractivity contribution in [2.24, 2.45) is 0 Å². The van der Waals surface area contributed by atoms with Crippen LogP contribution in [0.3, 0.4) is 0 Å². The molecule has 4 aromatic carbocycles. The molecule has 1 unspecified atom stereocenters. The van der Waals surface area contributed by atoms with Gasteiger partial charge in [0.1, 0.15) is 18.8 Å². The highest BCUT2D eigenvalue weighted by atomic mass is 16.6. The first-order valence-electron chi connectivity index (χ1n) is 16.4. The first-order chi connectivity index (χ1) is 22.9. The fourth-order valence-electron chi connectivity index (χ4n) is 5.72. The zero-order chi connectivity index (χ0) is 34.7. The van der Waals surface area contributed by atoms with Gasteiger partial charge in [-0.15, -0.1) is 0 Å². The molecular weight excluding hydrogens is 606 g/mol. The number of benzene rings is 4. The first kappa shape index (κ1) is 35.9. The molecule has 0 aliphatic heterocycles. The summed E-state index contributed by atoms with van der Waals surface area (Å²) < 4.78 is 17.3. The average molecular weight is 652 g/mol. The summed E-state index contributed by atoms with van der Waals surface area (Å²) in [6, 6.07) is 28.3. The third kappa shape index (κ3) is 9.09. The summed E-state index contributed by atoms with van der Waals surface area (Å²) in [6.07, 6.45) is 0.293. The van der Waals surface area contributed by atoms with E-state index < -0.39 is 47.3 Å². The van der Waals surface area contributed by atoms with Crippen molar-refractivity contribution < 1.29 is 33.4 Å². The minimum Gasteiger partial charge on any atom is -0.460 e. The quantitative estimate of drug-likeness (QED) is 0.0839. The smallest absolute Gasteiger partial charge is 0.408 e. The molecule has 1 atom stereocenters. The number of fused-ring (bicyclic) bond motifs is 1. The molecule has 4 rings (SSSR count). The topological polar surface area (TPSA) is 108 Å². The SMILES string of the molecule is CCCCC(NC(=O)OC(C)(C)C)C(=O)CC(C(=O)OCc1ccccc1)(C(=O)OCc1ccccc1)c1c(C)ccc2ccccc12. The van der Waals surface area contributed by atoms with Crippen LogP contribution in [0.2, 0.25) is 0 Å². The molecule has 8 nitrogen and oxygen atoms in total. The number of esters is 2. The molecule has 0 spiro atoms. The number of unbranched alkanes of at least 4 members (excludes halogenated alkanes) is 1. The number of ether oxygens (including phenoxy) is 3. The van der Waals surface area contributed by atoms with Crippen LogP contribution in [0.5, 0.6) is 0 Å². The number of hydrogen-bond donors (Lipinski definition) is 1. The molecule has 0 saturated heterocycles. The maximum Gasteiger partial charge on any atom is 0.408 e. The summed E-state index contributed by atoms with van der Waals surface area (Å²) in [7, 11) is 0. The summed E-state index contributed by atoms with van der Waals surface area (Å²) in [4.78, 5) is 56.7. The van der Waals surface area contributed by atoms with Crippen molar-refractivity contribution in [2.75, 3.05) is 0 Å². The lowest BCUT2D eigenvalue weighted by Crippen LogP contribution is -2.52. The van der Waals surface area contributed by atoms with Gasteiger partial charge in [-0.2, -0.15) is 0 Å². The summed E-state index contributed by atoms with van der Waals surface area (Å²) in [6.45, 7) is 8.71. The number of nitrogens with one attached hydrogen (secondary N) is 1. The molecular formula is C40H45NO7. The number of rotatable bonds is 14. The predicted octanol–water partition coefficient (Wildman–Crippen LogP) is 7.92. The second-order valence-corrected chi connectivity index (χ2v) is 13.0. The highest BCUT2D eigenvalue weighted by Gasteiger charge is 2.54. The second-order valence-electron chi connectivity index (χ2n) is 13.0. The fourth-order valence-corrected chi connectivity index (χ4v) is 5.72. The lowest BCUT2D eigenvalue weighted by molar-refractivity contribution is -0.168. The Morgan fingerprint density at radius 3 is 1.81 bits per heavy atom. The molecule has 0 aliphatic carbocycles. The van der Waals surface area contributed by atoms with Crippen molar-refractivity contribution in [3.63, 3.8) is 0 Å². The molecule has 0 aliphatic rings. The van der Waals surface area contributed by atoms with Crippen molar-refractivity contribution in [3.05, 3.63) is 119 Å². The maximum atomic E-state index is 14.7. The number of ketones is 1. The van der Waals surface area contributed by atoms with E-state index in [1.807, 2.05) is 104 Å². The minimum atomic E-state index is -2.20. The molecule has 0 fully saturated rings. The summed E-state index contributed by atoms with van der Waals surface area (Å²) in [5, 5.41) is 4.10. The van der Waals surface area contributed by atoms with E-state index in [1.165, 1.54) is 0 Å². The van der Waals surface area contributed by atoms with Crippen LogP contribution >= 0.6 is 0 Å². The number of hydrogen-bond acceptors (Lipinski definition) is 7. The Bertz CT molecular complexity index is 1650. The summed E-state index contributed by atoms with van der Waals surface area (Å²) in [5.41, 5.74) is -0.631. The largest absolute Gasteiger partial charge is 0.460 e. The predicted molar refractivity (Wildman–Crippen MR) is 185 cm³/mol. The zero-order valence-electron chi connectivity index (χ0n) is 28.4. The van der Waals surface area contributed by atoms with Crippen LogP contribution in [0.15, 0.2) is 97.1 Å². The zero-order valence-corrected chi connectivity index (χ0v) is 28.4. The van der Waals surface area contributed by atoms with E-state index in [4.69, 9.17) is 14.2 Å². The van der Waals surface area contributed by atoms with Crippen molar-refractivity contribution >= 4 is 34.6 Å². The fraction of sp³-hybridized carbons (Fsp3) is 0.350. The normalized spacial score (nSPS) is 12.2. The standard InChI is InChI=1S/C40H45NO7/c1-6-7-22-33(41-38(45)48-39(3,4)5)34(42)25-40(36(43)46-26-29-16-10-8-11-17-29,37(44)47-27-30-18-12-9-13-19-30)35-28(2)23-24-31-20-14-15-21-32(31)35/h8-21,23-24,33H,6-7,22,25-27H2,1-5H3,(H,41,45). The van der Waals surface area contributed by atoms with Gasteiger partial charge in [-0.25, -0.2) is 4.79 Å². The Morgan fingerprint density at radius 2 is 1.27 bits per heavy atom. The van der Waals surface area contributed by atoms with Crippen molar-refractivity contribution in [1.82, 2.24) is 5.32 Å². The van der Waals surface area contributed by atoms with E-state index in [9.17, 15) is 19.2 Å². The molecule has 1 N–H and O–H groups in total. The van der Waals surface area contributed by atoms with Gasteiger partial charge < -0.3 is 19.5 Å². The van der Waals surface area contributed by atoms with Gasteiger partial charge in [-0.1, -0.05) is 117 Å². The van der Waals surface area contributed by atoms with Crippen molar-refractivity contribution in [3.8, 4) is 0 Å². The molecule has 0 radical (unpaired) electrons. The molecule has 252 valence electrons. The van der Waals surface area contributed by atoms with Crippen LogP contribution in [0.25, 0.3) is 10.8 Å². The summed E-state index contributed by atoms with van der Waals surface area (Å²) in [5.74, 6) is -2.34. The lowest BCUT2D eigenvalue weighted by atomic mass is 9.71. The van der Waals surface area contributed by atoms with E-state index in [0.29, 0.717) is 34.1 Å². The van der Waals surface area contributed by atoms with Gasteiger partial charge >= 0.3 is 18.0 Å². The first-order valence-corrected chi connectivity index (χ1v) is 16.4. The van der Waals surface area contributed by atoms with Gasteiger partial charge in [-0.3, -0.25) is 14.4 Å². The lowest BCUT2D eigenvalue weighted by Gasteiger charge is -2.33. The van der Waals surface area contributed by atoms with Crippen LogP contribution in [0.1, 0.15) is 75.6 Å². The number of aryl methyl sites for hydroxylation is 1. The molecule has 48 heavy (non-hydrogen) atoms. The van der Waals surface area contributed by atoms with Crippen molar-refractivity contribution in [2.45, 2.75) is 90.6 Å². The number of Topliss-reactive ketones (excluding diaryl/α,β-unsaturated/α-hetero) is 1. The third-order valence-electron chi connectivity index (χ3n) is 8.05. The Balaban J connectivity index is 1.87. The highest BCUT2D eigenvalue weighted by molar-refractivity contribution is 6.13. The number of amides is 1. The Morgan fingerprint density at radius 1 is 0.729 bits per heavy atom. The Hall–Kier alpha value is -4.98. The average Bonchev–Trinajstić information content (AvgIpc) is 3.07. The Labute approximate surface area is 282 Å². The van der Waals surface area contributed by atoms with E-state index in [2.05, 4.69) is 5.32 Å². The van der Waals surface area contributed by atoms with E-state index in [1.54, 1.807) is 27.7 Å².